The van der Waals surface area contributed by atoms with E-state index in [4.69, 9.17) is 23.2 Å². The van der Waals surface area contributed by atoms with E-state index < -0.39 is 0 Å². The summed E-state index contributed by atoms with van der Waals surface area (Å²) in [6, 6.07) is 11.0. The fourth-order valence-electron chi connectivity index (χ4n) is 2.58. The molecular weight excluding hydrogens is 371 g/mol. The van der Waals surface area contributed by atoms with Crippen molar-refractivity contribution >= 4 is 40.7 Å². The molecule has 2 rings (SSSR count). The third-order valence-corrected chi connectivity index (χ3v) is 4.91. The van der Waals surface area contributed by atoms with Gasteiger partial charge in [0.05, 0.1) is 6.54 Å². The normalized spacial score (nSPS) is 10.5. The number of amides is 2. The smallest absolute Gasteiger partial charge is 0.244 e. The summed E-state index contributed by atoms with van der Waals surface area (Å²) in [5, 5.41) is 4.00. The number of anilines is 1. The molecule has 0 fully saturated rings. The van der Waals surface area contributed by atoms with Gasteiger partial charge in [-0.25, -0.2) is 0 Å². The van der Waals surface area contributed by atoms with Crippen molar-refractivity contribution in [3.8, 4) is 0 Å². The van der Waals surface area contributed by atoms with Gasteiger partial charge < -0.3 is 10.2 Å². The molecule has 0 aliphatic heterocycles. The first kappa shape index (κ1) is 20.3. The van der Waals surface area contributed by atoms with E-state index in [1.165, 1.54) is 11.8 Å². The van der Waals surface area contributed by atoms with E-state index in [1.54, 1.807) is 12.1 Å². The Labute approximate surface area is 164 Å². The van der Waals surface area contributed by atoms with E-state index in [-0.39, 0.29) is 18.4 Å². The molecule has 0 aromatic heterocycles. The molecule has 0 atom stereocenters. The number of nitrogens with zero attached hydrogens (tertiary/aromatic N) is 1. The number of aryl methyl sites for hydroxylation is 1. The number of benzene rings is 2. The molecule has 1 N–H and O–H groups in total. The zero-order valence-electron chi connectivity index (χ0n) is 15.1. The fourth-order valence-corrected chi connectivity index (χ4v) is 3.08. The lowest BCUT2D eigenvalue weighted by atomic mass is 10.1. The van der Waals surface area contributed by atoms with Crippen molar-refractivity contribution in [3.05, 3.63) is 63.1 Å². The van der Waals surface area contributed by atoms with Crippen molar-refractivity contribution in [1.82, 2.24) is 4.90 Å². The lowest BCUT2D eigenvalue weighted by molar-refractivity contribution is -0.132. The fraction of sp³-hybridized carbons (Fsp3) is 0.300. The number of carbonyl (C=O) groups is 2. The topological polar surface area (TPSA) is 49.4 Å². The van der Waals surface area contributed by atoms with Crippen molar-refractivity contribution in [1.29, 1.82) is 0 Å². The molecule has 0 heterocycles. The van der Waals surface area contributed by atoms with Crippen molar-refractivity contribution in [2.45, 2.75) is 27.2 Å². The number of hydrogen-bond donors (Lipinski definition) is 1. The zero-order chi connectivity index (χ0) is 19.3. The highest BCUT2D eigenvalue weighted by Crippen LogP contribution is 2.22. The first-order chi connectivity index (χ1) is 12.3. The average Bonchev–Trinajstić information content (AvgIpc) is 2.57. The van der Waals surface area contributed by atoms with E-state index >= 15 is 0 Å². The summed E-state index contributed by atoms with van der Waals surface area (Å²) in [5.74, 6) is -0.387. The number of hydrogen-bond acceptors (Lipinski definition) is 2. The quantitative estimate of drug-likeness (QED) is 0.777. The Bertz CT molecular complexity index is 821. The molecule has 0 saturated carbocycles. The number of carbonyl (C=O) groups excluding carboxylic acids is 2. The Morgan fingerprint density at radius 1 is 1.12 bits per heavy atom. The van der Waals surface area contributed by atoms with Crippen LogP contribution in [0.4, 0.5) is 5.69 Å². The molecule has 2 aromatic carbocycles. The molecule has 6 heteroatoms. The largest absolute Gasteiger partial charge is 0.333 e. The van der Waals surface area contributed by atoms with Gasteiger partial charge in [0.25, 0.3) is 0 Å². The summed E-state index contributed by atoms with van der Waals surface area (Å²) in [6.45, 7) is 5.79. The minimum atomic E-state index is -0.226. The van der Waals surface area contributed by atoms with Crippen molar-refractivity contribution in [2.24, 2.45) is 0 Å². The van der Waals surface area contributed by atoms with Gasteiger partial charge in [-0.05, 0) is 55.2 Å². The molecule has 0 spiro atoms. The molecule has 4 nitrogen and oxygen atoms in total. The summed E-state index contributed by atoms with van der Waals surface area (Å²) in [4.78, 5) is 25.8. The molecule has 138 valence electrons. The second-order valence-electron chi connectivity index (χ2n) is 6.22. The maximum atomic E-state index is 12.4. The minimum Gasteiger partial charge on any atom is -0.333 e. The minimum absolute atomic E-state index is 0.00603. The molecule has 0 radical (unpaired) electrons. The van der Waals surface area contributed by atoms with Crippen LogP contribution in [0, 0.1) is 13.8 Å². The summed E-state index contributed by atoms with van der Waals surface area (Å²) in [6.07, 6.45) is 0.548. The lowest BCUT2D eigenvalue weighted by Gasteiger charge is -2.21. The van der Waals surface area contributed by atoms with Crippen LogP contribution in [0.1, 0.15) is 23.6 Å². The average molecular weight is 393 g/mol. The highest BCUT2D eigenvalue weighted by atomic mass is 35.5. The van der Waals surface area contributed by atoms with Gasteiger partial charge in [0.15, 0.2) is 0 Å². The highest BCUT2D eigenvalue weighted by molar-refractivity contribution is 6.35. The van der Waals surface area contributed by atoms with E-state index in [2.05, 4.69) is 5.32 Å². The predicted molar refractivity (Wildman–Crippen MR) is 107 cm³/mol. The van der Waals surface area contributed by atoms with E-state index in [0.29, 0.717) is 23.0 Å². The van der Waals surface area contributed by atoms with Crippen LogP contribution in [0.3, 0.4) is 0 Å². The summed E-state index contributed by atoms with van der Waals surface area (Å²) >= 11 is 12.1. The van der Waals surface area contributed by atoms with Crippen LogP contribution in [0.2, 0.25) is 10.0 Å². The molecule has 0 unspecified atom stereocenters. The summed E-state index contributed by atoms with van der Waals surface area (Å²) < 4.78 is 0. The first-order valence-corrected chi connectivity index (χ1v) is 9.09. The highest BCUT2D eigenvalue weighted by Gasteiger charge is 2.15. The number of rotatable bonds is 6. The van der Waals surface area contributed by atoms with Crippen LogP contribution in [0.15, 0.2) is 36.4 Å². The van der Waals surface area contributed by atoms with E-state index in [1.807, 2.05) is 38.1 Å². The second-order valence-corrected chi connectivity index (χ2v) is 7.07. The summed E-state index contributed by atoms with van der Waals surface area (Å²) in [5.41, 5.74) is 3.77. The Kier molecular flexibility index (Phi) is 7.06. The van der Waals surface area contributed by atoms with Crippen LogP contribution in [0.25, 0.3) is 0 Å². The van der Waals surface area contributed by atoms with Crippen molar-refractivity contribution < 1.29 is 9.59 Å². The molecular formula is C20H22Cl2N2O2. The Hall–Kier alpha value is -2.04. The van der Waals surface area contributed by atoms with E-state index in [9.17, 15) is 9.59 Å². The van der Waals surface area contributed by atoms with Gasteiger partial charge in [-0.15, -0.1) is 0 Å². The van der Waals surface area contributed by atoms with Crippen LogP contribution in [0.5, 0.6) is 0 Å². The standard InChI is InChI=1S/C20H22Cl2N2O2/c1-13-5-4-6-19(14(13)2)23-20(26)12-24(15(3)25)10-9-16-7-8-17(21)11-18(16)22/h4-8,11H,9-10,12H2,1-3H3,(H,23,26). The van der Waals surface area contributed by atoms with Gasteiger partial charge in [0.2, 0.25) is 11.8 Å². The third kappa shape index (κ3) is 5.48. The predicted octanol–water partition coefficient (Wildman–Crippen LogP) is 4.64. The molecule has 2 amide bonds. The molecule has 0 aliphatic rings. The first-order valence-electron chi connectivity index (χ1n) is 8.33. The van der Waals surface area contributed by atoms with Crippen LogP contribution in [-0.4, -0.2) is 29.8 Å². The van der Waals surface area contributed by atoms with Crippen LogP contribution >= 0.6 is 23.2 Å². The van der Waals surface area contributed by atoms with Gasteiger partial charge in [0.1, 0.15) is 0 Å². The maximum Gasteiger partial charge on any atom is 0.244 e. The van der Waals surface area contributed by atoms with Gasteiger partial charge in [-0.3, -0.25) is 9.59 Å². The Morgan fingerprint density at radius 2 is 1.85 bits per heavy atom. The number of halogens is 2. The maximum absolute atomic E-state index is 12.4. The van der Waals surface area contributed by atoms with Gasteiger partial charge >= 0.3 is 0 Å². The molecule has 26 heavy (non-hydrogen) atoms. The molecule has 0 saturated heterocycles. The Morgan fingerprint density at radius 3 is 2.50 bits per heavy atom. The Balaban J connectivity index is 2.00. The number of nitrogens with one attached hydrogen (secondary N) is 1. The van der Waals surface area contributed by atoms with Crippen molar-refractivity contribution in [2.75, 3.05) is 18.4 Å². The van der Waals surface area contributed by atoms with Crippen LogP contribution < -0.4 is 5.32 Å². The van der Waals surface area contributed by atoms with Gasteiger partial charge in [-0.2, -0.15) is 0 Å². The zero-order valence-corrected chi connectivity index (χ0v) is 16.6. The second kappa shape index (κ2) is 9.06. The van der Waals surface area contributed by atoms with E-state index in [0.717, 1.165) is 22.4 Å². The summed E-state index contributed by atoms with van der Waals surface area (Å²) in [7, 11) is 0. The van der Waals surface area contributed by atoms with Crippen LogP contribution in [-0.2, 0) is 16.0 Å². The SMILES string of the molecule is CC(=O)N(CCc1ccc(Cl)cc1Cl)CC(=O)Nc1cccc(C)c1C. The van der Waals surface area contributed by atoms with Gasteiger partial charge in [-0.1, -0.05) is 41.4 Å². The van der Waals surface area contributed by atoms with Gasteiger partial charge in [0, 0.05) is 29.2 Å². The molecule has 0 bridgehead atoms. The molecule has 0 aliphatic carbocycles. The monoisotopic (exact) mass is 392 g/mol. The lowest BCUT2D eigenvalue weighted by Crippen LogP contribution is -2.38. The molecule has 2 aromatic rings. The van der Waals surface area contributed by atoms with Crippen molar-refractivity contribution in [3.63, 3.8) is 0 Å². The third-order valence-electron chi connectivity index (χ3n) is 4.32.